The molecule has 0 aliphatic heterocycles. The molecule has 0 bridgehead atoms. The van der Waals surface area contributed by atoms with Crippen molar-refractivity contribution in [2.75, 3.05) is 32.9 Å². The highest BCUT2D eigenvalue weighted by molar-refractivity contribution is 7.99. The van der Waals surface area contributed by atoms with Crippen LogP contribution >= 0.6 is 23.5 Å². The number of thioether (sulfide) groups is 1. The molecule has 1 N–H and O–H groups in total. The van der Waals surface area contributed by atoms with Crippen molar-refractivity contribution in [1.82, 2.24) is 19.0 Å². The van der Waals surface area contributed by atoms with E-state index < -0.39 is 0 Å². The third-order valence-corrected chi connectivity index (χ3v) is 3.70. The number of hydrogen-bond donors (Lipinski definition) is 1. The van der Waals surface area contributed by atoms with Crippen molar-refractivity contribution in [2.45, 2.75) is 12.7 Å². The number of nitrogens with one attached hydrogen (secondary N) is 1. The summed E-state index contributed by atoms with van der Waals surface area (Å²) in [6, 6.07) is 0. The van der Waals surface area contributed by atoms with E-state index in [-0.39, 0.29) is 5.91 Å². The molecule has 0 fully saturated rings. The van der Waals surface area contributed by atoms with Crippen LogP contribution < -0.4 is 5.32 Å². The fourth-order valence-corrected chi connectivity index (χ4v) is 2.59. The molecule has 17 heavy (non-hydrogen) atoms. The summed E-state index contributed by atoms with van der Waals surface area (Å²) in [6.45, 7) is 3.51. The maximum absolute atomic E-state index is 11.5. The second kappa shape index (κ2) is 7.62. The van der Waals surface area contributed by atoms with E-state index in [2.05, 4.69) is 14.1 Å². The minimum Gasteiger partial charge on any atom is -0.354 e. The second-order valence-electron chi connectivity index (χ2n) is 3.94. The zero-order valence-corrected chi connectivity index (χ0v) is 12.0. The summed E-state index contributed by atoms with van der Waals surface area (Å²) in [5.74, 6) is 1.31. The largest absolute Gasteiger partial charge is 0.354 e. The zero-order chi connectivity index (χ0) is 12.7. The van der Waals surface area contributed by atoms with Crippen LogP contribution in [0.4, 0.5) is 0 Å². The predicted octanol–water partition coefficient (Wildman–Crippen LogP) is 0.758. The quantitative estimate of drug-likeness (QED) is 0.795. The Morgan fingerprint density at radius 3 is 2.82 bits per heavy atom. The van der Waals surface area contributed by atoms with Gasteiger partial charge in [0.2, 0.25) is 5.91 Å². The van der Waals surface area contributed by atoms with Gasteiger partial charge in [-0.25, -0.2) is 0 Å². The molecule has 1 aromatic heterocycles. The summed E-state index contributed by atoms with van der Waals surface area (Å²) in [7, 11) is 3.97. The fourth-order valence-electron chi connectivity index (χ4n) is 1.09. The van der Waals surface area contributed by atoms with Crippen LogP contribution in [0, 0.1) is 6.92 Å². The Kier molecular flexibility index (Phi) is 6.46. The van der Waals surface area contributed by atoms with Gasteiger partial charge in [-0.05, 0) is 21.0 Å². The number of carbonyl (C=O) groups excluding carboxylic acids is 1. The monoisotopic (exact) mass is 274 g/mol. The molecule has 1 heterocycles. The Morgan fingerprint density at radius 1 is 1.47 bits per heavy atom. The third kappa shape index (κ3) is 5.99. The highest BCUT2D eigenvalue weighted by Gasteiger charge is 2.05. The standard InChI is InChI=1S/C10H18N4OS2/c1-8-9(13-17-12-8)6-16-7-10(15)11-4-5-14(2)3/h4-7H2,1-3H3,(H,11,15). The first kappa shape index (κ1) is 14.4. The molecule has 0 spiro atoms. The Labute approximate surface area is 110 Å². The molecule has 5 nitrogen and oxygen atoms in total. The van der Waals surface area contributed by atoms with E-state index in [1.165, 1.54) is 11.7 Å². The average Bonchev–Trinajstić information content (AvgIpc) is 2.64. The van der Waals surface area contributed by atoms with Gasteiger partial charge in [0.05, 0.1) is 28.9 Å². The smallest absolute Gasteiger partial charge is 0.230 e. The lowest BCUT2D eigenvalue weighted by molar-refractivity contribution is -0.118. The van der Waals surface area contributed by atoms with E-state index in [4.69, 9.17) is 0 Å². The SMILES string of the molecule is Cc1nsnc1CSCC(=O)NCCN(C)C. The van der Waals surface area contributed by atoms with E-state index in [0.29, 0.717) is 12.3 Å². The van der Waals surface area contributed by atoms with Crippen molar-refractivity contribution in [1.29, 1.82) is 0 Å². The fraction of sp³-hybridized carbons (Fsp3) is 0.700. The van der Waals surface area contributed by atoms with Gasteiger partial charge < -0.3 is 10.2 Å². The first-order chi connectivity index (χ1) is 8.09. The van der Waals surface area contributed by atoms with E-state index in [9.17, 15) is 4.79 Å². The van der Waals surface area contributed by atoms with Gasteiger partial charge in [-0.3, -0.25) is 4.79 Å². The van der Waals surface area contributed by atoms with Crippen LogP contribution in [0.2, 0.25) is 0 Å². The molecule has 7 heteroatoms. The van der Waals surface area contributed by atoms with Gasteiger partial charge in [0.25, 0.3) is 0 Å². The summed E-state index contributed by atoms with van der Waals surface area (Å²) >= 11 is 2.79. The molecule has 0 saturated heterocycles. The predicted molar refractivity (Wildman–Crippen MR) is 72.4 cm³/mol. The molecule has 96 valence electrons. The lowest BCUT2D eigenvalue weighted by Gasteiger charge is -2.10. The molecule has 0 aliphatic carbocycles. The van der Waals surface area contributed by atoms with Crippen LogP contribution in [0.15, 0.2) is 0 Å². The van der Waals surface area contributed by atoms with Crippen molar-refractivity contribution in [3.63, 3.8) is 0 Å². The van der Waals surface area contributed by atoms with Gasteiger partial charge in [0, 0.05) is 18.8 Å². The van der Waals surface area contributed by atoms with Gasteiger partial charge in [-0.1, -0.05) is 0 Å². The van der Waals surface area contributed by atoms with Crippen LogP contribution in [-0.2, 0) is 10.5 Å². The van der Waals surface area contributed by atoms with Crippen LogP contribution in [0.1, 0.15) is 11.4 Å². The van der Waals surface area contributed by atoms with E-state index in [1.54, 1.807) is 11.8 Å². The first-order valence-electron chi connectivity index (χ1n) is 5.37. The van der Waals surface area contributed by atoms with E-state index >= 15 is 0 Å². The molecule has 0 saturated carbocycles. The minimum atomic E-state index is 0.0812. The zero-order valence-electron chi connectivity index (χ0n) is 10.4. The second-order valence-corrected chi connectivity index (χ2v) is 5.46. The first-order valence-corrected chi connectivity index (χ1v) is 7.25. The van der Waals surface area contributed by atoms with E-state index in [0.717, 1.165) is 23.7 Å². The molecule has 0 unspecified atom stereocenters. The van der Waals surface area contributed by atoms with Crippen molar-refractivity contribution < 1.29 is 4.79 Å². The van der Waals surface area contributed by atoms with Crippen molar-refractivity contribution in [3.8, 4) is 0 Å². The minimum absolute atomic E-state index is 0.0812. The summed E-state index contributed by atoms with van der Waals surface area (Å²) in [6.07, 6.45) is 0. The summed E-state index contributed by atoms with van der Waals surface area (Å²) in [5.41, 5.74) is 1.96. The van der Waals surface area contributed by atoms with Crippen molar-refractivity contribution >= 4 is 29.4 Å². The molecular formula is C10H18N4OS2. The van der Waals surface area contributed by atoms with Crippen molar-refractivity contribution in [3.05, 3.63) is 11.4 Å². The van der Waals surface area contributed by atoms with Crippen LogP contribution in [-0.4, -0.2) is 52.5 Å². The molecule has 1 rings (SSSR count). The Hall–Kier alpha value is -0.660. The maximum Gasteiger partial charge on any atom is 0.230 e. The maximum atomic E-state index is 11.5. The molecule has 1 amide bonds. The molecule has 0 aromatic carbocycles. The Bertz CT molecular complexity index is 354. The number of aromatic nitrogens is 2. The van der Waals surface area contributed by atoms with E-state index in [1.807, 2.05) is 25.9 Å². The third-order valence-electron chi connectivity index (χ3n) is 2.10. The van der Waals surface area contributed by atoms with Crippen LogP contribution in [0.25, 0.3) is 0 Å². The molecular weight excluding hydrogens is 256 g/mol. The van der Waals surface area contributed by atoms with Gasteiger partial charge in [0.1, 0.15) is 0 Å². The number of aryl methyl sites for hydroxylation is 1. The number of carbonyl (C=O) groups is 1. The Morgan fingerprint density at radius 2 is 2.24 bits per heavy atom. The summed E-state index contributed by atoms with van der Waals surface area (Å²) in [5, 5.41) is 2.87. The lowest BCUT2D eigenvalue weighted by Crippen LogP contribution is -2.32. The molecule has 0 atom stereocenters. The molecule has 1 aromatic rings. The molecule has 0 radical (unpaired) electrons. The van der Waals surface area contributed by atoms with Crippen LogP contribution in [0.5, 0.6) is 0 Å². The Balaban J connectivity index is 2.10. The van der Waals surface area contributed by atoms with Gasteiger partial charge in [-0.15, -0.1) is 11.8 Å². The number of rotatable bonds is 7. The highest BCUT2D eigenvalue weighted by atomic mass is 32.2. The molecule has 0 aliphatic rings. The lowest BCUT2D eigenvalue weighted by atomic mass is 10.4. The number of amides is 1. The average molecular weight is 274 g/mol. The van der Waals surface area contributed by atoms with Gasteiger partial charge in [-0.2, -0.15) is 8.75 Å². The number of likely N-dealkylation sites (N-methyl/N-ethyl adjacent to an activating group) is 1. The van der Waals surface area contributed by atoms with Crippen molar-refractivity contribution in [2.24, 2.45) is 0 Å². The summed E-state index contributed by atoms with van der Waals surface area (Å²) in [4.78, 5) is 13.5. The van der Waals surface area contributed by atoms with Gasteiger partial charge >= 0.3 is 0 Å². The topological polar surface area (TPSA) is 58.1 Å². The number of nitrogens with zero attached hydrogens (tertiary/aromatic N) is 3. The summed E-state index contributed by atoms with van der Waals surface area (Å²) < 4.78 is 8.26. The van der Waals surface area contributed by atoms with Crippen LogP contribution in [0.3, 0.4) is 0 Å². The highest BCUT2D eigenvalue weighted by Crippen LogP contribution is 2.13. The van der Waals surface area contributed by atoms with Gasteiger partial charge in [0.15, 0.2) is 0 Å². The normalized spacial score (nSPS) is 10.8. The number of hydrogen-bond acceptors (Lipinski definition) is 6.